The Bertz CT molecular complexity index is 588. The number of phenolic OH excluding ortho intramolecular Hbond substituents is 2. The van der Waals surface area contributed by atoms with Crippen LogP contribution in [-0.2, 0) is 11.2 Å². The Morgan fingerprint density at radius 2 is 1.65 bits per heavy atom. The Labute approximate surface area is 115 Å². The van der Waals surface area contributed by atoms with Crippen LogP contribution in [0.2, 0.25) is 0 Å². The Balaban J connectivity index is 1.90. The topological polar surface area (TPSA) is 66.8 Å². The Kier molecular flexibility index (Phi) is 4.20. The molecule has 104 valence electrons. The predicted molar refractivity (Wildman–Crippen MR) is 70.1 cm³/mol. The summed E-state index contributed by atoms with van der Waals surface area (Å²) in [4.78, 5) is 11.6. The quantitative estimate of drug-likeness (QED) is 0.665. The highest BCUT2D eigenvalue weighted by molar-refractivity contribution is 5.73. The molecule has 0 amide bonds. The van der Waals surface area contributed by atoms with Crippen LogP contribution in [-0.4, -0.2) is 16.2 Å². The highest BCUT2D eigenvalue weighted by Gasteiger charge is 2.08. The monoisotopic (exact) mass is 276 g/mol. The zero-order chi connectivity index (χ0) is 14.5. The van der Waals surface area contributed by atoms with Crippen LogP contribution >= 0.6 is 0 Å². The molecule has 0 saturated carbocycles. The van der Waals surface area contributed by atoms with Crippen LogP contribution in [0.15, 0.2) is 42.5 Å². The van der Waals surface area contributed by atoms with Crippen LogP contribution in [0.1, 0.15) is 12.0 Å². The fourth-order valence-corrected chi connectivity index (χ4v) is 1.71. The average molecular weight is 276 g/mol. The van der Waals surface area contributed by atoms with Gasteiger partial charge in [-0.25, -0.2) is 4.39 Å². The molecule has 0 aliphatic heterocycles. The Morgan fingerprint density at radius 1 is 1.05 bits per heavy atom. The molecule has 2 aromatic rings. The molecule has 0 fully saturated rings. The largest absolute Gasteiger partial charge is 0.508 e. The third kappa shape index (κ3) is 3.98. The lowest BCUT2D eigenvalue weighted by Gasteiger charge is -2.05. The summed E-state index contributed by atoms with van der Waals surface area (Å²) in [7, 11) is 0. The van der Waals surface area contributed by atoms with E-state index in [9.17, 15) is 19.4 Å². The van der Waals surface area contributed by atoms with E-state index in [1.807, 2.05) is 0 Å². The lowest BCUT2D eigenvalue weighted by Crippen LogP contribution is -2.09. The molecule has 0 atom stereocenters. The van der Waals surface area contributed by atoms with Gasteiger partial charge in [0, 0.05) is 24.6 Å². The van der Waals surface area contributed by atoms with Gasteiger partial charge in [0.2, 0.25) is 0 Å². The van der Waals surface area contributed by atoms with Gasteiger partial charge in [0.05, 0.1) is 0 Å². The van der Waals surface area contributed by atoms with Gasteiger partial charge in [-0.2, -0.15) is 0 Å². The van der Waals surface area contributed by atoms with Gasteiger partial charge in [-0.15, -0.1) is 0 Å². The number of aromatic hydroxyl groups is 2. The summed E-state index contributed by atoms with van der Waals surface area (Å²) < 4.78 is 17.7. The molecule has 0 aliphatic carbocycles. The zero-order valence-electron chi connectivity index (χ0n) is 10.5. The molecule has 0 bridgehead atoms. The third-order valence-electron chi connectivity index (χ3n) is 2.64. The van der Waals surface area contributed by atoms with Crippen LogP contribution in [0.25, 0.3) is 0 Å². The first kappa shape index (κ1) is 13.9. The van der Waals surface area contributed by atoms with E-state index < -0.39 is 5.97 Å². The van der Waals surface area contributed by atoms with Crippen molar-refractivity contribution in [2.75, 3.05) is 0 Å². The summed E-state index contributed by atoms with van der Waals surface area (Å²) in [6.45, 7) is 0. The molecule has 0 radical (unpaired) electrons. The van der Waals surface area contributed by atoms with Crippen molar-refractivity contribution in [1.82, 2.24) is 0 Å². The van der Waals surface area contributed by atoms with Crippen molar-refractivity contribution < 1.29 is 24.1 Å². The van der Waals surface area contributed by atoms with Crippen molar-refractivity contribution in [3.8, 4) is 17.2 Å². The second-order valence-electron chi connectivity index (χ2n) is 4.29. The number of carbonyl (C=O) groups is 1. The van der Waals surface area contributed by atoms with Crippen molar-refractivity contribution in [2.24, 2.45) is 0 Å². The smallest absolute Gasteiger partial charge is 0.311 e. The van der Waals surface area contributed by atoms with Crippen LogP contribution in [0.3, 0.4) is 0 Å². The number of halogens is 1. The van der Waals surface area contributed by atoms with Gasteiger partial charge in [0.1, 0.15) is 23.1 Å². The lowest BCUT2D eigenvalue weighted by molar-refractivity contribution is -0.134. The Morgan fingerprint density at radius 3 is 2.25 bits per heavy atom. The van der Waals surface area contributed by atoms with Crippen molar-refractivity contribution >= 4 is 5.97 Å². The maximum absolute atomic E-state index is 12.7. The summed E-state index contributed by atoms with van der Waals surface area (Å²) in [5.74, 6) is -1.13. The SMILES string of the molecule is O=C(CCc1ccc(F)cc1)Oc1cc(O)cc(O)c1. The van der Waals surface area contributed by atoms with Gasteiger partial charge in [0.15, 0.2) is 0 Å². The van der Waals surface area contributed by atoms with E-state index in [0.29, 0.717) is 6.42 Å². The first-order chi connectivity index (χ1) is 9.52. The Hall–Kier alpha value is -2.56. The summed E-state index contributed by atoms with van der Waals surface area (Å²) in [5.41, 5.74) is 0.821. The first-order valence-electron chi connectivity index (χ1n) is 6.01. The number of carbonyl (C=O) groups excluding carboxylic acids is 1. The van der Waals surface area contributed by atoms with Gasteiger partial charge >= 0.3 is 5.97 Å². The van der Waals surface area contributed by atoms with Gasteiger partial charge in [0.25, 0.3) is 0 Å². The first-order valence-corrected chi connectivity index (χ1v) is 6.01. The van der Waals surface area contributed by atoms with Gasteiger partial charge in [-0.3, -0.25) is 4.79 Å². The molecule has 0 aromatic heterocycles. The maximum atomic E-state index is 12.7. The molecular formula is C15H13FO4. The number of hydrogen-bond acceptors (Lipinski definition) is 4. The molecule has 2 aromatic carbocycles. The summed E-state index contributed by atoms with van der Waals surface area (Å²) >= 11 is 0. The number of benzene rings is 2. The van der Waals surface area contributed by atoms with Gasteiger partial charge < -0.3 is 14.9 Å². The van der Waals surface area contributed by atoms with Crippen molar-refractivity contribution in [3.05, 3.63) is 53.8 Å². The van der Waals surface area contributed by atoms with Gasteiger partial charge in [-0.1, -0.05) is 12.1 Å². The molecule has 5 heteroatoms. The fraction of sp³-hybridized carbons (Fsp3) is 0.133. The van der Waals surface area contributed by atoms with Crippen molar-refractivity contribution in [2.45, 2.75) is 12.8 Å². The second-order valence-corrected chi connectivity index (χ2v) is 4.29. The van der Waals surface area contributed by atoms with Crippen LogP contribution in [0.5, 0.6) is 17.2 Å². The highest BCUT2D eigenvalue weighted by Crippen LogP contribution is 2.26. The van der Waals surface area contributed by atoms with Crippen molar-refractivity contribution in [1.29, 1.82) is 0 Å². The van der Waals surface area contributed by atoms with E-state index >= 15 is 0 Å². The minimum Gasteiger partial charge on any atom is -0.508 e. The zero-order valence-corrected chi connectivity index (χ0v) is 10.5. The molecule has 20 heavy (non-hydrogen) atoms. The molecular weight excluding hydrogens is 263 g/mol. The number of aryl methyl sites for hydroxylation is 1. The maximum Gasteiger partial charge on any atom is 0.311 e. The molecule has 0 unspecified atom stereocenters. The number of rotatable bonds is 4. The van der Waals surface area contributed by atoms with Crippen LogP contribution in [0.4, 0.5) is 4.39 Å². The number of esters is 1. The van der Waals surface area contributed by atoms with E-state index in [4.69, 9.17) is 4.74 Å². The number of ether oxygens (including phenoxy) is 1. The third-order valence-corrected chi connectivity index (χ3v) is 2.64. The summed E-state index contributed by atoms with van der Waals surface area (Å²) in [6.07, 6.45) is 0.534. The van der Waals surface area contributed by atoms with E-state index in [1.54, 1.807) is 12.1 Å². The average Bonchev–Trinajstić information content (AvgIpc) is 2.37. The molecule has 2 rings (SSSR count). The minimum atomic E-state index is -0.501. The van der Waals surface area contributed by atoms with E-state index in [0.717, 1.165) is 11.6 Å². The summed E-state index contributed by atoms with van der Waals surface area (Å²) in [6, 6.07) is 9.45. The second kappa shape index (κ2) is 6.06. The van der Waals surface area contributed by atoms with E-state index in [1.165, 1.54) is 24.3 Å². The van der Waals surface area contributed by atoms with Gasteiger partial charge in [-0.05, 0) is 24.1 Å². The molecule has 2 N–H and O–H groups in total. The van der Waals surface area contributed by atoms with E-state index in [2.05, 4.69) is 0 Å². The lowest BCUT2D eigenvalue weighted by atomic mass is 10.1. The molecule has 0 saturated heterocycles. The molecule has 0 aliphatic rings. The number of hydrogen-bond donors (Lipinski definition) is 2. The minimum absolute atomic E-state index is 0.0756. The standard InChI is InChI=1S/C15H13FO4/c16-11-4-1-10(2-5-11)3-6-15(19)20-14-8-12(17)7-13(18)9-14/h1-2,4-5,7-9,17-18H,3,6H2. The molecule has 0 spiro atoms. The highest BCUT2D eigenvalue weighted by atomic mass is 19.1. The van der Waals surface area contributed by atoms with Crippen molar-refractivity contribution in [3.63, 3.8) is 0 Å². The fourth-order valence-electron chi connectivity index (χ4n) is 1.71. The van der Waals surface area contributed by atoms with Crippen LogP contribution < -0.4 is 4.74 Å². The normalized spacial score (nSPS) is 10.2. The molecule has 4 nitrogen and oxygen atoms in total. The van der Waals surface area contributed by atoms with Crippen LogP contribution in [0, 0.1) is 5.82 Å². The molecule has 0 heterocycles. The summed E-state index contributed by atoms with van der Waals surface area (Å²) in [5, 5.41) is 18.5. The predicted octanol–water partition coefficient (Wildman–Crippen LogP) is 2.78. The van der Waals surface area contributed by atoms with E-state index in [-0.39, 0.29) is 29.5 Å². The number of phenols is 2.